The molecular weight excluding hydrogens is 354 g/mol. The number of carbonyl (C=O) groups excluding carboxylic acids is 1. The van der Waals surface area contributed by atoms with Crippen molar-refractivity contribution >= 4 is 44.1 Å². The fraction of sp³-hybridized carbons (Fsp3) is 0.0667. The van der Waals surface area contributed by atoms with Crippen molar-refractivity contribution < 1.29 is 9.21 Å². The molecule has 0 saturated heterocycles. The van der Waals surface area contributed by atoms with Gasteiger partial charge in [0, 0.05) is 15.4 Å². The van der Waals surface area contributed by atoms with E-state index in [1.165, 1.54) is 17.4 Å². The molecule has 2 heterocycles. The van der Waals surface area contributed by atoms with Crippen LogP contribution in [0.5, 0.6) is 0 Å². The van der Waals surface area contributed by atoms with Crippen molar-refractivity contribution in [3.63, 3.8) is 0 Å². The second-order valence-corrected chi connectivity index (χ2v) is 6.20. The predicted octanol–water partition coefficient (Wildman–Crippen LogP) is 3.55. The average Bonchev–Trinajstić information content (AvgIpc) is 2.90. The van der Waals surface area contributed by atoms with Gasteiger partial charge < -0.3 is 9.73 Å². The SMILES string of the molecule is O=C(NCc1sccc1Br)c1cc(=O)c2ccccc2o1. The summed E-state index contributed by atoms with van der Waals surface area (Å²) in [6.07, 6.45) is 0. The first-order valence-corrected chi connectivity index (χ1v) is 7.85. The highest BCUT2D eigenvalue weighted by Gasteiger charge is 2.12. The van der Waals surface area contributed by atoms with Gasteiger partial charge in [0.2, 0.25) is 0 Å². The number of halogens is 1. The molecule has 0 aliphatic heterocycles. The Morgan fingerprint density at radius 1 is 1.29 bits per heavy atom. The number of hydrogen-bond acceptors (Lipinski definition) is 4. The van der Waals surface area contributed by atoms with Crippen molar-refractivity contribution in [2.75, 3.05) is 0 Å². The van der Waals surface area contributed by atoms with Gasteiger partial charge >= 0.3 is 0 Å². The van der Waals surface area contributed by atoms with Gasteiger partial charge in [-0.15, -0.1) is 11.3 Å². The number of thiophene rings is 1. The highest BCUT2D eigenvalue weighted by atomic mass is 79.9. The third kappa shape index (κ3) is 2.91. The molecule has 3 rings (SSSR count). The smallest absolute Gasteiger partial charge is 0.287 e. The lowest BCUT2D eigenvalue weighted by Crippen LogP contribution is -2.23. The predicted molar refractivity (Wildman–Crippen MR) is 85.7 cm³/mol. The number of hydrogen-bond donors (Lipinski definition) is 1. The van der Waals surface area contributed by atoms with Gasteiger partial charge in [0.25, 0.3) is 5.91 Å². The Morgan fingerprint density at radius 3 is 2.86 bits per heavy atom. The van der Waals surface area contributed by atoms with Crippen LogP contribution >= 0.6 is 27.3 Å². The van der Waals surface area contributed by atoms with Crippen molar-refractivity contribution in [2.24, 2.45) is 0 Å². The molecule has 1 amide bonds. The van der Waals surface area contributed by atoms with Gasteiger partial charge in [0.05, 0.1) is 11.9 Å². The second kappa shape index (κ2) is 5.83. The molecule has 0 fully saturated rings. The summed E-state index contributed by atoms with van der Waals surface area (Å²) in [5, 5.41) is 5.14. The zero-order chi connectivity index (χ0) is 14.8. The van der Waals surface area contributed by atoms with Crippen LogP contribution in [0.1, 0.15) is 15.4 Å². The van der Waals surface area contributed by atoms with Crippen LogP contribution in [0, 0.1) is 0 Å². The Bertz CT molecular complexity index is 868. The highest BCUT2D eigenvalue weighted by molar-refractivity contribution is 9.10. The number of nitrogens with one attached hydrogen (secondary N) is 1. The van der Waals surface area contributed by atoms with Crippen LogP contribution in [0.2, 0.25) is 0 Å². The van der Waals surface area contributed by atoms with Gasteiger partial charge in [-0.05, 0) is 39.5 Å². The molecule has 0 atom stereocenters. The molecule has 0 radical (unpaired) electrons. The number of amides is 1. The van der Waals surface area contributed by atoms with E-state index in [0.717, 1.165) is 9.35 Å². The van der Waals surface area contributed by atoms with E-state index in [0.29, 0.717) is 17.5 Å². The van der Waals surface area contributed by atoms with Crippen LogP contribution in [-0.2, 0) is 6.54 Å². The minimum Gasteiger partial charge on any atom is -0.451 e. The van der Waals surface area contributed by atoms with Crippen LogP contribution in [-0.4, -0.2) is 5.91 Å². The summed E-state index contributed by atoms with van der Waals surface area (Å²) in [7, 11) is 0. The van der Waals surface area contributed by atoms with Crippen LogP contribution in [0.3, 0.4) is 0 Å². The van der Waals surface area contributed by atoms with Crippen LogP contribution < -0.4 is 10.7 Å². The maximum atomic E-state index is 12.1. The molecule has 1 N–H and O–H groups in total. The van der Waals surface area contributed by atoms with E-state index in [4.69, 9.17) is 4.42 Å². The molecule has 3 aromatic rings. The average molecular weight is 364 g/mol. The third-order valence-corrected chi connectivity index (χ3v) is 4.89. The normalized spacial score (nSPS) is 10.7. The molecule has 0 unspecified atom stereocenters. The molecule has 2 aromatic heterocycles. The number of fused-ring (bicyclic) bond motifs is 1. The first-order chi connectivity index (χ1) is 10.1. The highest BCUT2D eigenvalue weighted by Crippen LogP contribution is 2.22. The monoisotopic (exact) mass is 363 g/mol. The number of para-hydroxylation sites is 1. The lowest BCUT2D eigenvalue weighted by atomic mass is 10.2. The molecular formula is C15H10BrNO3S. The number of rotatable bonds is 3. The number of benzene rings is 1. The summed E-state index contributed by atoms with van der Waals surface area (Å²) in [5.41, 5.74) is 0.187. The van der Waals surface area contributed by atoms with E-state index in [1.54, 1.807) is 24.3 Å². The van der Waals surface area contributed by atoms with Crippen LogP contribution in [0.15, 0.2) is 55.5 Å². The zero-order valence-corrected chi connectivity index (χ0v) is 13.2. The van der Waals surface area contributed by atoms with Gasteiger partial charge in [-0.3, -0.25) is 9.59 Å². The quantitative estimate of drug-likeness (QED) is 0.773. The largest absolute Gasteiger partial charge is 0.451 e. The first kappa shape index (κ1) is 14.0. The molecule has 6 heteroatoms. The first-order valence-electron chi connectivity index (χ1n) is 6.18. The standard InChI is InChI=1S/C15H10BrNO3S/c16-10-5-6-21-14(10)8-17-15(19)13-7-11(18)9-3-1-2-4-12(9)20-13/h1-7H,8H2,(H,17,19). The molecule has 0 bridgehead atoms. The molecule has 1 aromatic carbocycles. The van der Waals surface area contributed by atoms with Gasteiger partial charge in [-0.2, -0.15) is 0 Å². The summed E-state index contributed by atoms with van der Waals surface area (Å²) in [6, 6.07) is 10.0. The van der Waals surface area contributed by atoms with E-state index in [9.17, 15) is 9.59 Å². The number of carbonyl (C=O) groups is 1. The fourth-order valence-corrected chi connectivity index (χ4v) is 3.35. The summed E-state index contributed by atoms with van der Waals surface area (Å²) in [4.78, 5) is 25.0. The molecule has 0 aliphatic carbocycles. The van der Waals surface area contributed by atoms with E-state index in [1.807, 2.05) is 11.4 Å². The zero-order valence-electron chi connectivity index (χ0n) is 10.8. The molecule has 0 spiro atoms. The van der Waals surface area contributed by atoms with E-state index >= 15 is 0 Å². The lowest BCUT2D eigenvalue weighted by molar-refractivity contribution is 0.0924. The summed E-state index contributed by atoms with van der Waals surface area (Å²) >= 11 is 4.94. The molecule has 21 heavy (non-hydrogen) atoms. The minimum atomic E-state index is -0.404. The third-order valence-electron chi connectivity index (χ3n) is 2.96. The van der Waals surface area contributed by atoms with Crippen molar-refractivity contribution in [3.05, 3.63) is 67.1 Å². The van der Waals surface area contributed by atoms with Crippen molar-refractivity contribution in [1.29, 1.82) is 0 Å². The molecule has 0 aliphatic rings. The fourth-order valence-electron chi connectivity index (χ4n) is 1.91. The van der Waals surface area contributed by atoms with Crippen LogP contribution in [0.25, 0.3) is 11.0 Å². The van der Waals surface area contributed by atoms with Crippen molar-refractivity contribution in [2.45, 2.75) is 6.54 Å². The maximum Gasteiger partial charge on any atom is 0.287 e. The second-order valence-electron chi connectivity index (χ2n) is 4.35. The Kier molecular flexibility index (Phi) is 3.90. The minimum absolute atomic E-state index is 0.0198. The Hall–Kier alpha value is -1.92. The lowest BCUT2D eigenvalue weighted by Gasteiger charge is -2.04. The van der Waals surface area contributed by atoms with E-state index < -0.39 is 5.91 Å². The van der Waals surface area contributed by atoms with Gasteiger partial charge in [0.1, 0.15) is 5.58 Å². The van der Waals surface area contributed by atoms with Gasteiger partial charge in [-0.25, -0.2) is 0 Å². The van der Waals surface area contributed by atoms with Crippen molar-refractivity contribution in [3.8, 4) is 0 Å². The molecule has 106 valence electrons. The summed E-state index contributed by atoms with van der Waals surface area (Å²) < 4.78 is 6.44. The van der Waals surface area contributed by atoms with E-state index in [2.05, 4.69) is 21.2 Å². The molecule has 4 nitrogen and oxygen atoms in total. The van der Waals surface area contributed by atoms with Crippen LogP contribution in [0.4, 0.5) is 0 Å². The topological polar surface area (TPSA) is 59.3 Å². The Balaban J connectivity index is 1.85. The Labute approximate surface area is 132 Å². The van der Waals surface area contributed by atoms with Gasteiger partial charge in [-0.1, -0.05) is 12.1 Å². The van der Waals surface area contributed by atoms with Gasteiger partial charge in [0.15, 0.2) is 11.2 Å². The summed E-state index contributed by atoms with van der Waals surface area (Å²) in [5.74, 6) is -0.385. The Morgan fingerprint density at radius 2 is 2.10 bits per heavy atom. The summed E-state index contributed by atoms with van der Waals surface area (Å²) in [6.45, 7) is 0.383. The van der Waals surface area contributed by atoms with Crippen molar-refractivity contribution in [1.82, 2.24) is 5.32 Å². The molecule has 0 saturated carbocycles. The van der Waals surface area contributed by atoms with E-state index in [-0.39, 0.29) is 11.2 Å². The maximum absolute atomic E-state index is 12.1.